The average Bonchev–Trinajstić information content (AvgIpc) is 2.83. The average molecular weight is 442 g/mol. The fourth-order valence-electron chi connectivity index (χ4n) is 5.52. The third kappa shape index (κ3) is 4.31. The largest absolute Gasteiger partial charge is 0.395 e. The molecule has 1 N–H and O–H groups in total. The molecular weight excluding hydrogens is 410 g/mol. The minimum absolute atomic E-state index is 0.0697. The van der Waals surface area contributed by atoms with E-state index in [4.69, 9.17) is 0 Å². The molecular formula is C28H31N3O2. The van der Waals surface area contributed by atoms with Gasteiger partial charge in [0.25, 0.3) is 5.91 Å². The highest BCUT2D eigenvalue weighted by atomic mass is 16.3. The molecule has 2 aliphatic rings. The van der Waals surface area contributed by atoms with Crippen LogP contribution in [0.15, 0.2) is 73.1 Å². The molecule has 0 spiro atoms. The fraction of sp³-hybridized carbons (Fsp3) is 0.357. The van der Waals surface area contributed by atoms with Crippen LogP contribution in [0.3, 0.4) is 0 Å². The molecule has 0 unspecified atom stereocenters. The molecule has 33 heavy (non-hydrogen) atoms. The van der Waals surface area contributed by atoms with E-state index in [0.29, 0.717) is 12.1 Å². The van der Waals surface area contributed by atoms with Gasteiger partial charge >= 0.3 is 0 Å². The molecule has 5 nitrogen and oxygen atoms in total. The Hall–Kier alpha value is -3.02. The molecule has 3 heterocycles. The van der Waals surface area contributed by atoms with Gasteiger partial charge in [0.2, 0.25) is 0 Å². The van der Waals surface area contributed by atoms with Crippen molar-refractivity contribution in [3.05, 3.63) is 89.7 Å². The van der Waals surface area contributed by atoms with E-state index in [2.05, 4.69) is 65.3 Å². The van der Waals surface area contributed by atoms with Crippen LogP contribution in [0.5, 0.6) is 0 Å². The number of carbonyl (C=O) groups is 1. The number of aromatic nitrogens is 1. The van der Waals surface area contributed by atoms with E-state index in [1.807, 2.05) is 4.90 Å². The van der Waals surface area contributed by atoms with Gasteiger partial charge in [-0.05, 0) is 55.1 Å². The van der Waals surface area contributed by atoms with Gasteiger partial charge in [0.1, 0.15) is 0 Å². The Morgan fingerprint density at radius 1 is 1.00 bits per heavy atom. The summed E-state index contributed by atoms with van der Waals surface area (Å²) in [7, 11) is 0. The number of fused-ring (bicyclic) bond motifs is 1. The second kappa shape index (κ2) is 9.46. The van der Waals surface area contributed by atoms with E-state index in [-0.39, 0.29) is 30.5 Å². The van der Waals surface area contributed by atoms with Crippen LogP contribution in [0.2, 0.25) is 0 Å². The van der Waals surface area contributed by atoms with Gasteiger partial charge in [0.05, 0.1) is 6.61 Å². The highest BCUT2D eigenvalue weighted by Gasteiger charge is 2.49. The highest BCUT2D eigenvalue weighted by molar-refractivity contribution is 5.94. The number of hydrogen-bond donors (Lipinski definition) is 1. The van der Waals surface area contributed by atoms with Crippen molar-refractivity contribution in [3.63, 3.8) is 0 Å². The molecule has 5 rings (SSSR count). The molecule has 0 aliphatic carbocycles. The van der Waals surface area contributed by atoms with E-state index >= 15 is 0 Å². The summed E-state index contributed by atoms with van der Waals surface area (Å²) in [5.41, 5.74) is 5.60. The first-order chi connectivity index (χ1) is 16.2. The second-order valence-corrected chi connectivity index (χ2v) is 9.27. The molecule has 0 saturated carbocycles. The SMILES string of the molecule is Cc1cccc(-c2ccc([C@@H]3[C@H](CO)N4CCCCN(C(=O)c5ccncc5)C[C@@H]34)cc2)c1. The van der Waals surface area contributed by atoms with E-state index < -0.39 is 0 Å². The molecule has 5 heteroatoms. The van der Waals surface area contributed by atoms with Crippen LogP contribution in [0, 0.1) is 6.92 Å². The van der Waals surface area contributed by atoms with Gasteiger partial charge in [-0.1, -0.05) is 54.1 Å². The number of hydrogen-bond acceptors (Lipinski definition) is 4. The zero-order chi connectivity index (χ0) is 22.8. The van der Waals surface area contributed by atoms with Crippen LogP contribution < -0.4 is 0 Å². The number of amides is 1. The first kappa shape index (κ1) is 21.8. The first-order valence-corrected chi connectivity index (χ1v) is 11.9. The number of aliphatic hydroxyl groups is 1. The maximum absolute atomic E-state index is 13.2. The molecule has 2 fully saturated rings. The third-order valence-corrected chi connectivity index (χ3v) is 7.23. The molecule has 2 aliphatic heterocycles. The Bertz CT molecular complexity index is 1100. The van der Waals surface area contributed by atoms with Crippen molar-refractivity contribution in [1.82, 2.24) is 14.8 Å². The minimum Gasteiger partial charge on any atom is -0.395 e. The highest BCUT2D eigenvalue weighted by Crippen LogP contribution is 2.42. The Morgan fingerprint density at radius 2 is 1.76 bits per heavy atom. The Balaban J connectivity index is 1.39. The lowest BCUT2D eigenvalue weighted by Crippen LogP contribution is -2.67. The van der Waals surface area contributed by atoms with E-state index in [9.17, 15) is 9.90 Å². The second-order valence-electron chi connectivity index (χ2n) is 9.27. The summed E-state index contributed by atoms with van der Waals surface area (Å²) in [6.07, 6.45) is 5.36. The predicted molar refractivity (Wildman–Crippen MR) is 130 cm³/mol. The quantitative estimate of drug-likeness (QED) is 0.662. The van der Waals surface area contributed by atoms with Crippen molar-refractivity contribution in [1.29, 1.82) is 0 Å². The van der Waals surface area contributed by atoms with Gasteiger partial charge in [0.15, 0.2) is 0 Å². The summed E-state index contributed by atoms with van der Waals surface area (Å²) in [5, 5.41) is 10.2. The summed E-state index contributed by atoms with van der Waals surface area (Å²) < 4.78 is 0. The maximum Gasteiger partial charge on any atom is 0.254 e. The molecule has 170 valence electrons. The van der Waals surface area contributed by atoms with E-state index in [1.54, 1.807) is 24.5 Å². The zero-order valence-electron chi connectivity index (χ0n) is 19.1. The van der Waals surface area contributed by atoms with E-state index in [1.165, 1.54) is 22.3 Å². The van der Waals surface area contributed by atoms with Crippen LogP contribution in [0.1, 0.15) is 40.2 Å². The van der Waals surface area contributed by atoms with Gasteiger partial charge in [-0.2, -0.15) is 0 Å². The number of aliphatic hydroxyl groups excluding tert-OH is 1. The first-order valence-electron chi connectivity index (χ1n) is 11.9. The molecule has 2 aromatic carbocycles. The summed E-state index contributed by atoms with van der Waals surface area (Å²) in [6, 6.07) is 21.2. The molecule has 0 bridgehead atoms. The van der Waals surface area contributed by atoms with Gasteiger partial charge in [-0.3, -0.25) is 14.7 Å². The van der Waals surface area contributed by atoms with Crippen molar-refractivity contribution in [3.8, 4) is 11.1 Å². The smallest absolute Gasteiger partial charge is 0.254 e. The van der Waals surface area contributed by atoms with Crippen molar-refractivity contribution in [2.75, 3.05) is 26.2 Å². The topological polar surface area (TPSA) is 56.7 Å². The predicted octanol–water partition coefficient (Wildman–Crippen LogP) is 4.12. The van der Waals surface area contributed by atoms with Crippen LogP contribution in [-0.2, 0) is 0 Å². The lowest BCUT2D eigenvalue weighted by molar-refractivity contribution is -0.0606. The van der Waals surface area contributed by atoms with Crippen molar-refractivity contribution >= 4 is 5.91 Å². The lowest BCUT2D eigenvalue weighted by atomic mass is 9.74. The lowest BCUT2D eigenvalue weighted by Gasteiger charge is -2.57. The Morgan fingerprint density at radius 3 is 2.48 bits per heavy atom. The van der Waals surface area contributed by atoms with Crippen molar-refractivity contribution < 1.29 is 9.90 Å². The number of carbonyl (C=O) groups excluding carboxylic acids is 1. The van der Waals surface area contributed by atoms with Gasteiger partial charge in [-0.15, -0.1) is 0 Å². The summed E-state index contributed by atoms with van der Waals surface area (Å²) in [4.78, 5) is 21.6. The van der Waals surface area contributed by atoms with E-state index in [0.717, 1.165) is 25.9 Å². The third-order valence-electron chi connectivity index (χ3n) is 7.23. The molecule has 3 atom stereocenters. The molecule has 1 amide bonds. The Kier molecular flexibility index (Phi) is 6.25. The van der Waals surface area contributed by atoms with Crippen LogP contribution >= 0.6 is 0 Å². The standard InChI is InChI=1S/C28H31N3O2/c1-20-5-4-6-24(17-20)21-7-9-22(10-8-21)27-25-18-30(28(33)23-11-13-29-14-12-23)15-2-3-16-31(25)26(27)19-32/h4-14,17,25-27,32H,2-3,15-16,18-19H2,1H3/t25-,26-,27-/m0/s1. The minimum atomic E-state index is 0.0697. The number of aryl methyl sites for hydroxylation is 1. The van der Waals surface area contributed by atoms with Crippen molar-refractivity contribution in [2.24, 2.45) is 0 Å². The fourth-order valence-corrected chi connectivity index (χ4v) is 5.52. The van der Waals surface area contributed by atoms with Crippen molar-refractivity contribution in [2.45, 2.75) is 37.8 Å². The molecule has 2 saturated heterocycles. The molecule has 3 aromatic rings. The summed E-state index contributed by atoms with van der Waals surface area (Å²) in [5.74, 6) is 0.285. The number of pyridine rings is 1. The molecule has 0 radical (unpaired) electrons. The monoisotopic (exact) mass is 441 g/mol. The summed E-state index contributed by atoms with van der Waals surface area (Å²) in [6.45, 7) is 4.68. The van der Waals surface area contributed by atoms with Crippen LogP contribution in [0.4, 0.5) is 0 Å². The normalized spacial score (nSPS) is 23.2. The number of benzene rings is 2. The maximum atomic E-state index is 13.2. The number of rotatable bonds is 4. The molecule has 1 aromatic heterocycles. The number of nitrogens with zero attached hydrogens (tertiary/aromatic N) is 3. The van der Waals surface area contributed by atoms with Crippen LogP contribution in [0.25, 0.3) is 11.1 Å². The van der Waals surface area contributed by atoms with Gasteiger partial charge in [0, 0.05) is 49.0 Å². The van der Waals surface area contributed by atoms with Crippen LogP contribution in [-0.4, -0.2) is 64.1 Å². The Labute approximate surface area is 195 Å². The van der Waals surface area contributed by atoms with Gasteiger partial charge in [-0.25, -0.2) is 0 Å². The summed E-state index contributed by atoms with van der Waals surface area (Å²) >= 11 is 0. The zero-order valence-corrected chi connectivity index (χ0v) is 19.1. The van der Waals surface area contributed by atoms with Gasteiger partial charge < -0.3 is 10.0 Å².